The first-order valence-electron chi connectivity index (χ1n) is 7.04. The molecule has 1 N–H and O–H groups in total. The Morgan fingerprint density at radius 3 is 2.86 bits per heavy atom. The van der Waals surface area contributed by atoms with Crippen molar-refractivity contribution >= 4 is 28.5 Å². The van der Waals surface area contributed by atoms with E-state index >= 15 is 0 Å². The first kappa shape index (κ1) is 13.9. The van der Waals surface area contributed by atoms with Gasteiger partial charge in [0.15, 0.2) is 5.60 Å². The molecule has 22 heavy (non-hydrogen) atoms. The number of methoxy groups -OCH3 is 1. The third-order valence-corrected chi connectivity index (χ3v) is 5.13. The molecule has 4 nitrogen and oxygen atoms in total. The highest BCUT2D eigenvalue weighted by molar-refractivity contribution is 14.1. The van der Waals surface area contributed by atoms with Crippen LogP contribution in [-0.4, -0.2) is 19.6 Å². The van der Waals surface area contributed by atoms with Crippen LogP contribution in [0.2, 0.25) is 0 Å². The van der Waals surface area contributed by atoms with Gasteiger partial charge >= 0.3 is 0 Å². The fourth-order valence-corrected chi connectivity index (χ4v) is 3.96. The Bertz CT molecular complexity index is 789. The summed E-state index contributed by atoms with van der Waals surface area (Å²) in [6.07, 6.45) is 0.696. The van der Waals surface area contributed by atoms with Gasteiger partial charge < -0.3 is 14.2 Å². The molecule has 0 bridgehead atoms. The SMILES string of the molecule is COc1cc2c(cc1I)C1(CCO2)OC(=N)c2ccccc21. The Hall–Kier alpha value is -1.76. The van der Waals surface area contributed by atoms with Crippen LogP contribution in [0.1, 0.15) is 23.1 Å². The van der Waals surface area contributed by atoms with Gasteiger partial charge in [0.1, 0.15) is 11.5 Å². The maximum Gasteiger partial charge on any atom is 0.214 e. The summed E-state index contributed by atoms with van der Waals surface area (Å²) in [5, 5.41) is 8.18. The second kappa shape index (κ2) is 4.87. The van der Waals surface area contributed by atoms with E-state index in [1.165, 1.54) is 0 Å². The standard InChI is InChI=1S/C17H14INO3/c1-20-15-9-14-12(8-13(15)18)17(6-7-21-14)11-5-3-2-4-10(11)16(19)22-17/h2-5,8-9,19H,6-7H2,1H3. The number of hydrogen-bond donors (Lipinski definition) is 1. The molecule has 0 saturated heterocycles. The highest BCUT2D eigenvalue weighted by Gasteiger charge is 2.49. The minimum atomic E-state index is -0.618. The topological polar surface area (TPSA) is 51.5 Å². The van der Waals surface area contributed by atoms with E-state index in [9.17, 15) is 0 Å². The van der Waals surface area contributed by atoms with E-state index in [0.29, 0.717) is 13.0 Å². The Kier molecular flexibility index (Phi) is 3.07. The molecule has 5 heteroatoms. The summed E-state index contributed by atoms with van der Waals surface area (Å²) in [5.41, 5.74) is 2.26. The van der Waals surface area contributed by atoms with Crippen LogP contribution in [0.3, 0.4) is 0 Å². The van der Waals surface area contributed by atoms with E-state index in [1.807, 2.05) is 36.4 Å². The smallest absolute Gasteiger partial charge is 0.214 e. The fourth-order valence-electron chi connectivity index (χ4n) is 3.27. The van der Waals surface area contributed by atoms with Crippen molar-refractivity contribution in [2.24, 2.45) is 0 Å². The van der Waals surface area contributed by atoms with Crippen molar-refractivity contribution in [1.29, 1.82) is 5.41 Å². The van der Waals surface area contributed by atoms with Crippen molar-refractivity contribution in [1.82, 2.24) is 0 Å². The molecule has 2 aliphatic rings. The molecular weight excluding hydrogens is 393 g/mol. The molecule has 0 radical (unpaired) electrons. The number of halogens is 1. The van der Waals surface area contributed by atoms with E-state index in [-0.39, 0.29) is 5.90 Å². The zero-order valence-electron chi connectivity index (χ0n) is 12.0. The summed E-state index contributed by atoms with van der Waals surface area (Å²) in [6.45, 7) is 0.554. The molecule has 2 heterocycles. The third-order valence-electron chi connectivity index (χ3n) is 4.28. The second-order valence-electron chi connectivity index (χ2n) is 5.39. The first-order valence-corrected chi connectivity index (χ1v) is 8.12. The van der Waals surface area contributed by atoms with Crippen LogP contribution in [0.4, 0.5) is 0 Å². The molecule has 4 rings (SSSR count). The molecule has 0 fully saturated rings. The fraction of sp³-hybridized carbons (Fsp3) is 0.235. The Morgan fingerprint density at radius 1 is 1.23 bits per heavy atom. The summed E-state index contributed by atoms with van der Waals surface area (Å²) in [4.78, 5) is 0. The monoisotopic (exact) mass is 407 g/mol. The van der Waals surface area contributed by atoms with Gasteiger partial charge in [-0.05, 0) is 34.7 Å². The number of nitrogens with one attached hydrogen (secondary N) is 1. The van der Waals surface area contributed by atoms with Crippen molar-refractivity contribution in [2.45, 2.75) is 12.0 Å². The van der Waals surface area contributed by atoms with E-state index in [0.717, 1.165) is 31.8 Å². The molecule has 112 valence electrons. The van der Waals surface area contributed by atoms with E-state index < -0.39 is 5.60 Å². The summed E-state index contributed by atoms with van der Waals surface area (Å²) < 4.78 is 18.3. The van der Waals surface area contributed by atoms with Gasteiger partial charge in [-0.25, -0.2) is 0 Å². The van der Waals surface area contributed by atoms with Gasteiger partial charge in [-0.1, -0.05) is 18.2 Å². The minimum Gasteiger partial charge on any atom is -0.496 e. The van der Waals surface area contributed by atoms with Gasteiger partial charge in [0.05, 0.1) is 17.3 Å². The molecule has 2 aliphatic heterocycles. The molecule has 0 amide bonds. The van der Waals surface area contributed by atoms with E-state index in [4.69, 9.17) is 19.6 Å². The van der Waals surface area contributed by atoms with Crippen molar-refractivity contribution in [2.75, 3.05) is 13.7 Å². The Morgan fingerprint density at radius 2 is 2.05 bits per heavy atom. The highest BCUT2D eigenvalue weighted by Crippen LogP contribution is 2.51. The quantitative estimate of drug-likeness (QED) is 0.734. The van der Waals surface area contributed by atoms with Crippen LogP contribution in [0, 0.1) is 8.98 Å². The van der Waals surface area contributed by atoms with Gasteiger partial charge in [-0.3, -0.25) is 5.41 Å². The van der Waals surface area contributed by atoms with Crippen molar-refractivity contribution in [3.63, 3.8) is 0 Å². The van der Waals surface area contributed by atoms with Crippen molar-refractivity contribution in [3.8, 4) is 11.5 Å². The molecule has 0 saturated carbocycles. The zero-order chi connectivity index (χ0) is 15.3. The van der Waals surface area contributed by atoms with Crippen LogP contribution in [0.5, 0.6) is 11.5 Å². The van der Waals surface area contributed by atoms with Crippen LogP contribution >= 0.6 is 22.6 Å². The first-order chi connectivity index (χ1) is 10.7. The lowest BCUT2D eigenvalue weighted by Gasteiger charge is -2.35. The second-order valence-corrected chi connectivity index (χ2v) is 6.55. The Labute approximate surface area is 142 Å². The molecule has 2 aromatic carbocycles. The largest absolute Gasteiger partial charge is 0.496 e. The highest BCUT2D eigenvalue weighted by atomic mass is 127. The number of fused-ring (bicyclic) bond motifs is 4. The van der Waals surface area contributed by atoms with Gasteiger partial charge in [0, 0.05) is 29.2 Å². The van der Waals surface area contributed by atoms with Crippen LogP contribution in [0.15, 0.2) is 36.4 Å². The number of benzene rings is 2. The Balaban J connectivity index is 1.97. The van der Waals surface area contributed by atoms with Gasteiger partial charge in [-0.2, -0.15) is 0 Å². The van der Waals surface area contributed by atoms with Gasteiger partial charge in [0.2, 0.25) is 5.90 Å². The van der Waals surface area contributed by atoms with E-state index in [2.05, 4.69) is 22.6 Å². The molecule has 1 atom stereocenters. The number of ether oxygens (including phenoxy) is 3. The van der Waals surface area contributed by atoms with Crippen molar-refractivity contribution in [3.05, 3.63) is 56.7 Å². The third kappa shape index (κ3) is 1.78. The lowest BCUT2D eigenvalue weighted by molar-refractivity contribution is 0.0593. The average Bonchev–Trinajstić information content (AvgIpc) is 2.82. The van der Waals surface area contributed by atoms with Crippen LogP contribution in [-0.2, 0) is 10.3 Å². The van der Waals surface area contributed by atoms with Crippen LogP contribution in [0.25, 0.3) is 0 Å². The van der Waals surface area contributed by atoms with E-state index in [1.54, 1.807) is 7.11 Å². The molecule has 1 unspecified atom stereocenters. The summed E-state index contributed by atoms with van der Waals surface area (Å²) in [6, 6.07) is 11.9. The lowest BCUT2D eigenvalue weighted by Crippen LogP contribution is -2.34. The predicted octanol–water partition coefficient (Wildman–Crippen LogP) is 3.68. The number of hydrogen-bond acceptors (Lipinski definition) is 4. The average molecular weight is 407 g/mol. The lowest BCUT2D eigenvalue weighted by atomic mass is 9.81. The zero-order valence-corrected chi connectivity index (χ0v) is 14.1. The molecular formula is C17H14INO3. The van der Waals surface area contributed by atoms with Crippen LogP contribution < -0.4 is 9.47 Å². The molecule has 0 aromatic heterocycles. The maximum absolute atomic E-state index is 8.18. The molecule has 0 aliphatic carbocycles. The van der Waals surface area contributed by atoms with Crippen molar-refractivity contribution < 1.29 is 14.2 Å². The van der Waals surface area contributed by atoms with Gasteiger partial charge in [-0.15, -0.1) is 0 Å². The molecule has 1 spiro atoms. The maximum atomic E-state index is 8.18. The summed E-state index contributed by atoms with van der Waals surface area (Å²) >= 11 is 2.25. The normalized spacial score (nSPS) is 21.8. The predicted molar refractivity (Wildman–Crippen MR) is 91.0 cm³/mol. The minimum absolute atomic E-state index is 0.231. The number of rotatable bonds is 1. The van der Waals surface area contributed by atoms with Gasteiger partial charge in [0.25, 0.3) is 0 Å². The molecule has 2 aromatic rings. The summed E-state index contributed by atoms with van der Waals surface area (Å²) in [5.74, 6) is 1.79. The summed E-state index contributed by atoms with van der Waals surface area (Å²) in [7, 11) is 1.65.